The van der Waals surface area contributed by atoms with Crippen LogP contribution in [0.1, 0.15) is 26.7 Å². The summed E-state index contributed by atoms with van der Waals surface area (Å²) in [5, 5.41) is 3.71. The molecule has 7 heteroatoms. The van der Waals surface area contributed by atoms with Gasteiger partial charge in [0.25, 0.3) is 0 Å². The van der Waals surface area contributed by atoms with Crippen molar-refractivity contribution < 1.29 is 13.2 Å². The van der Waals surface area contributed by atoms with Gasteiger partial charge < -0.3 is 9.88 Å². The van der Waals surface area contributed by atoms with Crippen LogP contribution in [0.5, 0.6) is 0 Å². The normalized spacial score (nSPS) is 19.2. The monoisotopic (exact) mass is 363 g/mol. The number of aryl methyl sites for hydroxylation is 1. The van der Waals surface area contributed by atoms with Crippen molar-refractivity contribution in [3.63, 3.8) is 0 Å². The van der Waals surface area contributed by atoms with Crippen LogP contribution in [0.25, 0.3) is 10.9 Å². The molecule has 6 nitrogen and oxygen atoms in total. The summed E-state index contributed by atoms with van der Waals surface area (Å²) in [6.07, 6.45) is 3.40. The maximum Gasteiger partial charge on any atom is 0.243 e. The van der Waals surface area contributed by atoms with E-state index in [0.717, 1.165) is 23.9 Å². The molecule has 0 radical (unpaired) electrons. The number of nitrogens with one attached hydrogen (secondary N) is 1. The van der Waals surface area contributed by atoms with E-state index >= 15 is 0 Å². The Morgan fingerprint density at radius 3 is 2.80 bits per heavy atom. The zero-order valence-corrected chi connectivity index (χ0v) is 15.6. The lowest BCUT2D eigenvalue weighted by atomic mass is 9.99. The third kappa shape index (κ3) is 3.43. The highest BCUT2D eigenvalue weighted by molar-refractivity contribution is 7.89. The molecule has 0 aliphatic carbocycles. The lowest BCUT2D eigenvalue weighted by molar-refractivity contribution is -0.125. The van der Waals surface area contributed by atoms with E-state index in [1.165, 1.54) is 4.31 Å². The second-order valence-electron chi connectivity index (χ2n) is 6.42. The van der Waals surface area contributed by atoms with Gasteiger partial charge in [0.05, 0.1) is 10.8 Å². The molecule has 1 atom stereocenters. The van der Waals surface area contributed by atoms with Gasteiger partial charge in [-0.1, -0.05) is 0 Å². The van der Waals surface area contributed by atoms with Gasteiger partial charge in [0, 0.05) is 43.3 Å². The van der Waals surface area contributed by atoms with Crippen molar-refractivity contribution in [2.24, 2.45) is 5.92 Å². The van der Waals surface area contributed by atoms with E-state index in [-0.39, 0.29) is 18.4 Å². The Hall–Kier alpha value is -1.86. The highest BCUT2D eigenvalue weighted by atomic mass is 32.2. The fourth-order valence-electron chi connectivity index (χ4n) is 3.46. The van der Waals surface area contributed by atoms with E-state index in [4.69, 9.17) is 0 Å². The second kappa shape index (κ2) is 7.17. The van der Waals surface area contributed by atoms with Gasteiger partial charge in [0.15, 0.2) is 0 Å². The zero-order chi connectivity index (χ0) is 18.0. The van der Waals surface area contributed by atoms with E-state index in [9.17, 15) is 13.2 Å². The van der Waals surface area contributed by atoms with Gasteiger partial charge in [-0.05, 0) is 51.0 Å². The molecule has 0 spiro atoms. The predicted octanol–water partition coefficient (Wildman–Crippen LogP) is 2.20. The first-order valence-corrected chi connectivity index (χ1v) is 10.3. The van der Waals surface area contributed by atoms with Crippen LogP contribution in [0.2, 0.25) is 0 Å². The Bertz CT molecular complexity index is 873. The van der Waals surface area contributed by atoms with Crippen molar-refractivity contribution in [3.05, 3.63) is 30.5 Å². The molecule has 136 valence electrons. The number of fused-ring (bicyclic) bond motifs is 1. The Morgan fingerprint density at radius 1 is 1.28 bits per heavy atom. The summed E-state index contributed by atoms with van der Waals surface area (Å²) in [6.45, 7) is 6.05. The molecule has 2 aromatic rings. The molecule has 1 saturated heterocycles. The SMILES string of the molecule is CCNC(=O)C1CCCN(S(=O)(=O)c2ccc3c(ccn3CC)c2)C1. The van der Waals surface area contributed by atoms with Crippen LogP contribution >= 0.6 is 0 Å². The van der Waals surface area contributed by atoms with Crippen LogP contribution in [0.3, 0.4) is 0 Å². The summed E-state index contributed by atoms with van der Waals surface area (Å²) in [7, 11) is -3.59. The summed E-state index contributed by atoms with van der Waals surface area (Å²) in [4.78, 5) is 12.4. The van der Waals surface area contributed by atoms with Gasteiger partial charge in [0.1, 0.15) is 0 Å². The number of hydrogen-bond donors (Lipinski definition) is 1. The number of carbonyl (C=O) groups excluding carboxylic acids is 1. The summed E-state index contributed by atoms with van der Waals surface area (Å²) in [6, 6.07) is 7.19. The summed E-state index contributed by atoms with van der Waals surface area (Å²) in [5.41, 5.74) is 1.03. The molecular weight excluding hydrogens is 338 g/mol. The quantitative estimate of drug-likeness (QED) is 0.885. The first-order chi connectivity index (χ1) is 12.0. The highest BCUT2D eigenvalue weighted by Crippen LogP contribution is 2.26. The summed E-state index contributed by atoms with van der Waals surface area (Å²) >= 11 is 0. The van der Waals surface area contributed by atoms with Crippen LogP contribution in [0, 0.1) is 5.92 Å². The molecule has 1 unspecified atom stereocenters. The molecule has 1 aromatic heterocycles. The number of hydrogen-bond acceptors (Lipinski definition) is 3. The van der Waals surface area contributed by atoms with E-state index in [2.05, 4.69) is 16.8 Å². The van der Waals surface area contributed by atoms with Gasteiger partial charge in [-0.2, -0.15) is 4.31 Å². The van der Waals surface area contributed by atoms with E-state index < -0.39 is 10.0 Å². The highest BCUT2D eigenvalue weighted by Gasteiger charge is 2.33. The van der Waals surface area contributed by atoms with Gasteiger partial charge in [-0.25, -0.2) is 8.42 Å². The van der Waals surface area contributed by atoms with E-state index in [1.54, 1.807) is 12.1 Å². The molecule has 1 aromatic carbocycles. The molecule has 0 saturated carbocycles. The number of aromatic nitrogens is 1. The zero-order valence-electron chi connectivity index (χ0n) is 14.7. The molecular formula is C18H25N3O3S. The van der Waals surface area contributed by atoms with Gasteiger partial charge >= 0.3 is 0 Å². The molecule has 1 N–H and O–H groups in total. The van der Waals surface area contributed by atoms with Crippen molar-refractivity contribution in [2.75, 3.05) is 19.6 Å². The fourth-order valence-corrected chi connectivity index (χ4v) is 5.02. The predicted molar refractivity (Wildman–Crippen MR) is 97.8 cm³/mol. The third-order valence-corrected chi connectivity index (χ3v) is 6.69. The number of rotatable bonds is 5. The number of piperidine rings is 1. The van der Waals surface area contributed by atoms with Crippen molar-refractivity contribution in [1.29, 1.82) is 0 Å². The van der Waals surface area contributed by atoms with Crippen molar-refractivity contribution in [2.45, 2.75) is 38.1 Å². The number of nitrogens with zero attached hydrogens (tertiary/aromatic N) is 2. The molecule has 1 fully saturated rings. The van der Waals surface area contributed by atoms with Crippen LogP contribution in [0.4, 0.5) is 0 Å². The number of sulfonamides is 1. The van der Waals surface area contributed by atoms with E-state index in [1.807, 2.05) is 25.3 Å². The topological polar surface area (TPSA) is 71.4 Å². The summed E-state index contributed by atoms with van der Waals surface area (Å²) in [5.74, 6) is -0.328. The van der Waals surface area contributed by atoms with Crippen molar-refractivity contribution in [3.8, 4) is 0 Å². The smallest absolute Gasteiger partial charge is 0.243 e. The van der Waals surface area contributed by atoms with Crippen LogP contribution in [0.15, 0.2) is 35.4 Å². The third-order valence-electron chi connectivity index (χ3n) is 4.83. The lowest BCUT2D eigenvalue weighted by Gasteiger charge is -2.31. The average Bonchev–Trinajstić information content (AvgIpc) is 3.04. The van der Waals surface area contributed by atoms with Crippen molar-refractivity contribution in [1.82, 2.24) is 14.2 Å². The summed E-state index contributed by atoms with van der Waals surface area (Å²) < 4.78 is 29.6. The maximum absolute atomic E-state index is 13.0. The first kappa shape index (κ1) is 17.9. The molecule has 1 amide bonds. The Kier molecular flexibility index (Phi) is 5.15. The molecule has 2 heterocycles. The Labute approximate surface area is 148 Å². The number of carbonyl (C=O) groups is 1. The van der Waals surface area contributed by atoms with Crippen LogP contribution in [-0.4, -0.2) is 42.8 Å². The molecule has 3 rings (SSSR count). The van der Waals surface area contributed by atoms with Gasteiger partial charge in [-0.15, -0.1) is 0 Å². The average molecular weight is 363 g/mol. The number of amides is 1. The Morgan fingerprint density at radius 2 is 2.08 bits per heavy atom. The molecule has 0 bridgehead atoms. The minimum atomic E-state index is -3.59. The lowest BCUT2D eigenvalue weighted by Crippen LogP contribution is -2.45. The minimum Gasteiger partial charge on any atom is -0.356 e. The van der Waals surface area contributed by atoms with Gasteiger partial charge in [-0.3, -0.25) is 4.79 Å². The molecule has 1 aliphatic heterocycles. The van der Waals surface area contributed by atoms with Crippen LogP contribution in [-0.2, 0) is 21.4 Å². The molecule has 1 aliphatic rings. The maximum atomic E-state index is 13.0. The largest absolute Gasteiger partial charge is 0.356 e. The van der Waals surface area contributed by atoms with E-state index in [0.29, 0.717) is 24.4 Å². The molecule has 25 heavy (non-hydrogen) atoms. The second-order valence-corrected chi connectivity index (χ2v) is 8.36. The standard InChI is InChI=1S/C18H25N3O3S/c1-3-19-18(22)15-6-5-10-21(13-15)25(23,24)16-7-8-17-14(12-16)9-11-20(17)4-2/h7-9,11-12,15H,3-6,10,13H2,1-2H3,(H,19,22). The van der Waals surface area contributed by atoms with Crippen LogP contribution < -0.4 is 5.32 Å². The number of benzene rings is 1. The first-order valence-electron chi connectivity index (χ1n) is 8.84. The Balaban J connectivity index is 1.86. The fraction of sp³-hybridized carbons (Fsp3) is 0.500. The minimum absolute atomic E-state index is 0.0575. The van der Waals surface area contributed by atoms with Gasteiger partial charge in [0.2, 0.25) is 15.9 Å². The van der Waals surface area contributed by atoms with Crippen molar-refractivity contribution >= 4 is 26.8 Å².